The Morgan fingerprint density at radius 1 is 1.42 bits per heavy atom. The van der Waals surface area contributed by atoms with Crippen molar-refractivity contribution < 1.29 is 5.21 Å². The third kappa shape index (κ3) is 2.83. The van der Waals surface area contributed by atoms with E-state index in [0.29, 0.717) is 6.04 Å². The third-order valence-electron chi connectivity index (χ3n) is 3.95. The first-order chi connectivity index (χ1) is 9.17. The van der Waals surface area contributed by atoms with Crippen molar-refractivity contribution in [2.45, 2.75) is 45.6 Å². The fraction of sp³-hybridized carbons (Fsp3) is 0.533. The van der Waals surface area contributed by atoms with Crippen molar-refractivity contribution >= 4 is 11.5 Å². The highest BCUT2D eigenvalue weighted by atomic mass is 16.4. The van der Waals surface area contributed by atoms with Crippen LogP contribution in [-0.2, 0) is 0 Å². The van der Waals surface area contributed by atoms with Crippen LogP contribution >= 0.6 is 0 Å². The molecule has 104 valence electrons. The Morgan fingerprint density at radius 3 is 2.68 bits per heavy atom. The summed E-state index contributed by atoms with van der Waals surface area (Å²) in [6.07, 6.45) is 5.06. The summed E-state index contributed by atoms with van der Waals surface area (Å²) in [5, 5.41) is 12.1. The number of anilines is 1. The number of benzene rings is 1. The Kier molecular flexibility index (Phi) is 4.30. The van der Waals surface area contributed by atoms with Crippen molar-refractivity contribution in [3.63, 3.8) is 0 Å². The summed E-state index contributed by atoms with van der Waals surface area (Å²) < 4.78 is 0. The van der Waals surface area contributed by atoms with E-state index in [1.54, 1.807) is 0 Å². The van der Waals surface area contributed by atoms with Gasteiger partial charge in [-0.15, -0.1) is 0 Å². The molecule has 0 atom stereocenters. The minimum absolute atomic E-state index is 0.190. The number of hydrogen-bond donors (Lipinski definition) is 2. The first-order valence-electron chi connectivity index (χ1n) is 7.02. The molecule has 19 heavy (non-hydrogen) atoms. The van der Waals surface area contributed by atoms with Gasteiger partial charge in [0, 0.05) is 23.8 Å². The smallest absolute Gasteiger partial charge is 0.172 e. The molecule has 4 heteroatoms. The summed E-state index contributed by atoms with van der Waals surface area (Å²) in [4.78, 5) is 2.39. The lowest BCUT2D eigenvalue weighted by molar-refractivity contribution is 0.318. The van der Waals surface area contributed by atoms with Crippen LogP contribution in [0.15, 0.2) is 23.4 Å². The van der Waals surface area contributed by atoms with Crippen molar-refractivity contribution in [3.05, 3.63) is 29.3 Å². The number of amidine groups is 1. The fourth-order valence-corrected chi connectivity index (χ4v) is 3.00. The van der Waals surface area contributed by atoms with Crippen molar-refractivity contribution in [1.29, 1.82) is 0 Å². The summed E-state index contributed by atoms with van der Waals surface area (Å²) in [7, 11) is 0. The molecule has 1 saturated carbocycles. The van der Waals surface area contributed by atoms with E-state index in [0.717, 1.165) is 23.4 Å². The molecule has 3 N–H and O–H groups in total. The van der Waals surface area contributed by atoms with Gasteiger partial charge in [-0.2, -0.15) is 0 Å². The molecule has 4 nitrogen and oxygen atoms in total. The van der Waals surface area contributed by atoms with Crippen LogP contribution in [0.25, 0.3) is 0 Å². The molecule has 1 aromatic carbocycles. The minimum Gasteiger partial charge on any atom is -0.409 e. The van der Waals surface area contributed by atoms with Crippen LogP contribution in [0, 0.1) is 6.92 Å². The Morgan fingerprint density at radius 2 is 2.11 bits per heavy atom. The largest absolute Gasteiger partial charge is 0.409 e. The summed E-state index contributed by atoms with van der Waals surface area (Å²) in [5.41, 5.74) is 8.86. The highest BCUT2D eigenvalue weighted by molar-refractivity contribution is 6.02. The molecule has 0 amide bonds. The number of rotatable bonds is 4. The predicted molar refractivity (Wildman–Crippen MR) is 79.0 cm³/mol. The second-order valence-corrected chi connectivity index (χ2v) is 5.23. The molecule has 0 bridgehead atoms. The Balaban J connectivity index is 2.41. The third-order valence-corrected chi connectivity index (χ3v) is 3.95. The van der Waals surface area contributed by atoms with Crippen LogP contribution in [-0.4, -0.2) is 23.6 Å². The maximum absolute atomic E-state index is 8.97. The highest BCUT2D eigenvalue weighted by Gasteiger charge is 2.24. The maximum Gasteiger partial charge on any atom is 0.172 e. The Hall–Kier alpha value is -1.71. The topological polar surface area (TPSA) is 61.8 Å². The average Bonchev–Trinajstić information content (AvgIpc) is 2.94. The molecule has 2 rings (SSSR count). The summed E-state index contributed by atoms with van der Waals surface area (Å²) in [6.45, 7) is 5.12. The van der Waals surface area contributed by atoms with Crippen molar-refractivity contribution in [2.75, 3.05) is 11.4 Å². The van der Waals surface area contributed by atoms with Gasteiger partial charge in [0.05, 0.1) is 0 Å². The van der Waals surface area contributed by atoms with Crippen LogP contribution in [0.2, 0.25) is 0 Å². The van der Waals surface area contributed by atoms with Crippen LogP contribution in [0.1, 0.15) is 43.7 Å². The molecule has 0 unspecified atom stereocenters. The van der Waals surface area contributed by atoms with Crippen LogP contribution < -0.4 is 10.6 Å². The first kappa shape index (κ1) is 13.7. The summed E-state index contributed by atoms with van der Waals surface area (Å²) in [5.74, 6) is 0.190. The SMILES string of the molecule is CCN(c1ccc(C)cc1/C(N)=N/O)C1CCCC1. The van der Waals surface area contributed by atoms with E-state index in [1.807, 2.05) is 13.0 Å². The molecule has 1 aliphatic rings. The number of aryl methyl sites for hydroxylation is 1. The molecule has 0 saturated heterocycles. The van der Waals surface area contributed by atoms with Gasteiger partial charge in [0.25, 0.3) is 0 Å². The molecular formula is C15H23N3O. The van der Waals surface area contributed by atoms with Gasteiger partial charge in [-0.1, -0.05) is 29.6 Å². The Bertz CT molecular complexity index is 464. The van der Waals surface area contributed by atoms with Gasteiger partial charge in [-0.25, -0.2) is 0 Å². The van der Waals surface area contributed by atoms with Gasteiger partial charge in [0.1, 0.15) is 0 Å². The number of hydrogen-bond acceptors (Lipinski definition) is 3. The van der Waals surface area contributed by atoms with E-state index in [4.69, 9.17) is 10.9 Å². The minimum atomic E-state index is 0.190. The second kappa shape index (κ2) is 5.95. The van der Waals surface area contributed by atoms with Crippen LogP contribution in [0.3, 0.4) is 0 Å². The van der Waals surface area contributed by atoms with Gasteiger partial charge in [-0.05, 0) is 38.8 Å². The summed E-state index contributed by atoms with van der Waals surface area (Å²) >= 11 is 0. The van der Waals surface area contributed by atoms with Crippen molar-refractivity contribution in [3.8, 4) is 0 Å². The Labute approximate surface area is 114 Å². The second-order valence-electron chi connectivity index (χ2n) is 5.23. The molecule has 0 aromatic heterocycles. The number of nitrogens with two attached hydrogens (primary N) is 1. The lowest BCUT2D eigenvalue weighted by atomic mass is 10.1. The number of oxime groups is 1. The molecule has 1 fully saturated rings. The molecule has 0 spiro atoms. The maximum atomic E-state index is 8.97. The zero-order valence-electron chi connectivity index (χ0n) is 11.8. The van der Waals surface area contributed by atoms with E-state index >= 15 is 0 Å². The van der Waals surface area contributed by atoms with Crippen LogP contribution in [0.5, 0.6) is 0 Å². The average molecular weight is 261 g/mol. The van der Waals surface area contributed by atoms with Gasteiger partial charge in [0.15, 0.2) is 5.84 Å². The van der Waals surface area contributed by atoms with E-state index in [1.165, 1.54) is 25.7 Å². The van der Waals surface area contributed by atoms with E-state index in [9.17, 15) is 0 Å². The molecule has 0 radical (unpaired) electrons. The molecule has 1 aliphatic carbocycles. The van der Waals surface area contributed by atoms with Crippen molar-refractivity contribution in [1.82, 2.24) is 0 Å². The lowest BCUT2D eigenvalue weighted by Gasteiger charge is -2.31. The molecule has 0 heterocycles. The zero-order chi connectivity index (χ0) is 13.8. The summed E-state index contributed by atoms with van der Waals surface area (Å²) in [6, 6.07) is 6.74. The quantitative estimate of drug-likeness (QED) is 0.379. The first-order valence-corrected chi connectivity index (χ1v) is 7.02. The lowest BCUT2D eigenvalue weighted by Crippen LogP contribution is -2.34. The van der Waals surface area contributed by atoms with E-state index < -0.39 is 0 Å². The number of nitrogens with zero attached hydrogens (tertiary/aromatic N) is 2. The monoisotopic (exact) mass is 261 g/mol. The fourth-order valence-electron chi connectivity index (χ4n) is 3.00. The van der Waals surface area contributed by atoms with Gasteiger partial charge in [-0.3, -0.25) is 0 Å². The molecule has 1 aromatic rings. The molecule has 0 aliphatic heterocycles. The van der Waals surface area contributed by atoms with E-state index in [2.05, 4.69) is 29.1 Å². The van der Waals surface area contributed by atoms with Gasteiger partial charge >= 0.3 is 0 Å². The zero-order valence-corrected chi connectivity index (χ0v) is 11.8. The molecular weight excluding hydrogens is 238 g/mol. The predicted octanol–water partition coefficient (Wildman–Crippen LogP) is 2.86. The van der Waals surface area contributed by atoms with Gasteiger partial charge < -0.3 is 15.8 Å². The van der Waals surface area contributed by atoms with Crippen molar-refractivity contribution in [2.24, 2.45) is 10.9 Å². The van der Waals surface area contributed by atoms with E-state index in [-0.39, 0.29) is 5.84 Å². The standard InChI is InChI=1S/C15H23N3O/c1-3-18(12-6-4-5-7-12)14-9-8-11(2)10-13(14)15(16)17-19/h8-10,12,19H,3-7H2,1-2H3,(H2,16,17). The van der Waals surface area contributed by atoms with Gasteiger partial charge in [0.2, 0.25) is 0 Å². The van der Waals surface area contributed by atoms with Crippen LogP contribution in [0.4, 0.5) is 5.69 Å². The normalized spacial score (nSPS) is 16.8. The highest BCUT2D eigenvalue weighted by Crippen LogP contribution is 2.30.